The molecule has 4 heteroatoms. The Morgan fingerprint density at radius 1 is 1.39 bits per heavy atom. The largest absolute Gasteiger partial charge is 0.424 e. The summed E-state index contributed by atoms with van der Waals surface area (Å²) in [5.74, 6) is 0.294. The van der Waals surface area contributed by atoms with Gasteiger partial charge in [-0.25, -0.2) is 0 Å². The molecular weight excluding hydrogens is 228 g/mol. The van der Waals surface area contributed by atoms with Crippen molar-refractivity contribution in [1.29, 1.82) is 0 Å². The number of esters is 1. The molecule has 2 aromatic rings. The van der Waals surface area contributed by atoms with Gasteiger partial charge in [0.2, 0.25) is 0 Å². The molecule has 0 aliphatic carbocycles. The van der Waals surface area contributed by atoms with Crippen molar-refractivity contribution in [2.45, 2.75) is 13.3 Å². The number of hydrogen-bond acceptors (Lipinski definition) is 3. The van der Waals surface area contributed by atoms with Gasteiger partial charge in [0.05, 0.1) is 5.52 Å². The molecule has 0 spiro atoms. The van der Waals surface area contributed by atoms with Crippen LogP contribution < -0.4 is 4.74 Å². The predicted octanol–water partition coefficient (Wildman–Crippen LogP) is 2.20. The molecule has 0 fully saturated rings. The van der Waals surface area contributed by atoms with Crippen LogP contribution in [0.15, 0.2) is 24.4 Å². The van der Waals surface area contributed by atoms with Gasteiger partial charge in [-0.15, -0.1) is 0 Å². The third-order valence-electron chi connectivity index (χ3n) is 2.84. The first-order chi connectivity index (χ1) is 8.58. The maximum absolute atomic E-state index is 11.0. The lowest BCUT2D eigenvalue weighted by atomic mass is 10.1. The Morgan fingerprint density at radius 2 is 2.17 bits per heavy atom. The van der Waals surface area contributed by atoms with Crippen LogP contribution >= 0.6 is 0 Å². The van der Waals surface area contributed by atoms with Crippen molar-refractivity contribution < 1.29 is 9.53 Å². The summed E-state index contributed by atoms with van der Waals surface area (Å²) in [7, 11) is 4.11. The van der Waals surface area contributed by atoms with E-state index in [1.807, 2.05) is 18.3 Å². The second-order valence-electron chi connectivity index (χ2n) is 4.64. The molecule has 0 amide bonds. The number of ether oxygens (including phenoxy) is 1. The summed E-state index contributed by atoms with van der Waals surface area (Å²) in [6.45, 7) is 2.40. The summed E-state index contributed by atoms with van der Waals surface area (Å²) in [5.41, 5.74) is 2.13. The van der Waals surface area contributed by atoms with Gasteiger partial charge in [0.1, 0.15) is 0 Å². The lowest BCUT2D eigenvalue weighted by molar-refractivity contribution is -0.131. The molecule has 18 heavy (non-hydrogen) atoms. The third kappa shape index (κ3) is 2.71. The van der Waals surface area contributed by atoms with Crippen LogP contribution in [-0.2, 0) is 11.2 Å². The Morgan fingerprint density at radius 3 is 2.83 bits per heavy atom. The maximum atomic E-state index is 11.0. The molecule has 0 unspecified atom stereocenters. The number of carbonyl (C=O) groups excluding carboxylic acids is 1. The molecule has 96 valence electrons. The number of nitrogens with zero attached hydrogens (tertiary/aromatic N) is 1. The van der Waals surface area contributed by atoms with E-state index >= 15 is 0 Å². The smallest absolute Gasteiger partial charge is 0.308 e. The summed E-state index contributed by atoms with van der Waals surface area (Å²) < 4.78 is 5.19. The van der Waals surface area contributed by atoms with E-state index < -0.39 is 0 Å². The second-order valence-corrected chi connectivity index (χ2v) is 4.64. The fourth-order valence-corrected chi connectivity index (χ4v) is 1.98. The van der Waals surface area contributed by atoms with Crippen molar-refractivity contribution in [3.63, 3.8) is 0 Å². The molecule has 0 atom stereocenters. The fourth-order valence-electron chi connectivity index (χ4n) is 1.98. The number of nitrogens with one attached hydrogen (secondary N) is 1. The van der Waals surface area contributed by atoms with Gasteiger partial charge in [0.25, 0.3) is 0 Å². The van der Waals surface area contributed by atoms with Crippen molar-refractivity contribution in [2.75, 3.05) is 20.6 Å². The van der Waals surface area contributed by atoms with Crippen LogP contribution in [-0.4, -0.2) is 36.5 Å². The number of rotatable bonds is 4. The quantitative estimate of drug-likeness (QED) is 0.664. The first-order valence-corrected chi connectivity index (χ1v) is 6.00. The first-order valence-electron chi connectivity index (χ1n) is 6.00. The Bertz CT molecular complexity index is 558. The minimum absolute atomic E-state index is 0.299. The number of para-hydroxylation sites is 1. The average molecular weight is 246 g/mol. The van der Waals surface area contributed by atoms with Crippen molar-refractivity contribution in [3.05, 3.63) is 30.0 Å². The van der Waals surface area contributed by atoms with Crippen molar-refractivity contribution in [1.82, 2.24) is 9.88 Å². The second kappa shape index (κ2) is 5.23. The van der Waals surface area contributed by atoms with E-state index in [0.29, 0.717) is 5.75 Å². The third-order valence-corrected chi connectivity index (χ3v) is 2.84. The van der Waals surface area contributed by atoms with Crippen LogP contribution in [0.5, 0.6) is 5.75 Å². The highest BCUT2D eigenvalue weighted by molar-refractivity contribution is 5.90. The number of aromatic amines is 1. The molecule has 0 bridgehead atoms. The van der Waals surface area contributed by atoms with Gasteiger partial charge in [-0.2, -0.15) is 0 Å². The number of benzene rings is 1. The van der Waals surface area contributed by atoms with E-state index in [1.165, 1.54) is 12.5 Å². The van der Waals surface area contributed by atoms with Crippen LogP contribution in [0.3, 0.4) is 0 Å². The van der Waals surface area contributed by atoms with Crippen LogP contribution in [0.25, 0.3) is 10.9 Å². The molecule has 1 aromatic carbocycles. The van der Waals surface area contributed by atoms with E-state index in [9.17, 15) is 4.79 Å². The fraction of sp³-hybridized carbons (Fsp3) is 0.357. The highest BCUT2D eigenvalue weighted by Crippen LogP contribution is 2.27. The molecule has 1 N–H and O–H groups in total. The number of likely N-dealkylation sites (N-methyl/N-ethyl adjacent to an activating group) is 1. The zero-order valence-corrected chi connectivity index (χ0v) is 11.0. The van der Waals surface area contributed by atoms with Crippen molar-refractivity contribution >= 4 is 16.9 Å². The van der Waals surface area contributed by atoms with Crippen LogP contribution in [0.2, 0.25) is 0 Å². The lowest BCUT2D eigenvalue weighted by Crippen LogP contribution is -2.14. The summed E-state index contributed by atoms with van der Waals surface area (Å²) in [6.07, 6.45) is 2.96. The van der Waals surface area contributed by atoms with Crippen molar-refractivity contribution in [2.24, 2.45) is 0 Å². The van der Waals surface area contributed by atoms with Gasteiger partial charge < -0.3 is 14.6 Å². The van der Waals surface area contributed by atoms with Gasteiger partial charge in [-0.1, -0.05) is 12.1 Å². The van der Waals surface area contributed by atoms with Crippen molar-refractivity contribution in [3.8, 4) is 5.75 Å². The molecule has 4 nitrogen and oxygen atoms in total. The van der Waals surface area contributed by atoms with E-state index in [1.54, 1.807) is 6.07 Å². The predicted molar refractivity (Wildman–Crippen MR) is 71.9 cm³/mol. The summed E-state index contributed by atoms with van der Waals surface area (Å²) in [5, 5.41) is 1.12. The van der Waals surface area contributed by atoms with E-state index in [4.69, 9.17) is 4.74 Å². The Balaban J connectivity index is 2.32. The lowest BCUT2D eigenvalue weighted by Gasteiger charge is -2.08. The Kier molecular flexibility index (Phi) is 3.67. The van der Waals surface area contributed by atoms with E-state index in [0.717, 1.165) is 23.9 Å². The highest BCUT2D eigenvalue weighted by atomic mass is 16.5. The molecule has 0 aliphatic rings. The minimum Gasteiger partial charge on any atom is -0.424 e. The van der Waals surface area contributed by atoms with E-state index in [-0.39, 0.29) is 5.97 Å². The zero-order chi connectivity index (χ0) is 13.1. The average Bonchev–Trinajstić information content (AvgIpc) is 2.70. The van der Waals surface area contributed by atoms with Gasteiger partial charge >= 0.3 is 5.97 Å². The van der Waals surface area contributed by atoms with Gasteiger partial charge in [0, 0.05) is 25.1 Å². The molecule has 2 rings (SSSR count). The van der Waals surface area contributed by atoms with Crippen LogP contribution in [0.1, 0.15) is 12.5 Å². The van der Waals surface area contributed by atoms with Crippen LogP contribution in [0, 0.1) is 0 Å². The maximum Gasteiger partial charge on any atom is 0.308 e. The normalized spacial score (nSPS) is 11.1. The number of hydrogen-bond donors (Lipinski definition) is 1. The topological polar surface area (TPSA) is 45.3 Å². The van der Waals surface area contributed by atoms with Gasteiger partial charge in [-0.05, 0) is 32.1 Å². The molecule has 0 saturated heterocycles. The standard InChI is InChI=1S/C14H18N2O2/c1-10(17)18-13-6-4-5-12-11(7-8-16(2)3)9-15-14(12)13/h4-6,9,15H,7-8H2,1-3H3. The molecule has 0 radical (unpaired) electrons. The number of H-pyrrole nitrogens is 1. The summed E-state index contributed by atoms with van der Waals surface area (Å²) in [6, 6.07) is 5.76. The number of carbonyl (C=O) groups is 1. The van der Waals surface area contributed by atoms with Gasteiger partial charge in [-0.3, -0.25) is 4.79 Å². The molecule has 0 saturated carbocycles. The minimum atomic E-state index is -0.299. The Hall–Kier alpha value is -1.81. The Labute approximate surface area is 107 Å². The first kappa shape index (κ1) is 12.6. The number of aromatic nitrogens is 1. The van der Waals surface area contributed by atoms with Gasteiger partial charge in [0.15, 0.2) is 5.75 Å². The molecular formula is C14H18N2O2. The highest BCUT2D eigenvalue weighted by Gasteiger charge is 2.09. The van der Waals surface area contributed by atoms with Crippen LogP contribution in [0.4, 0.5) is 0 Å². The van der Waals surface area contributed by atoms with E-state index in [2.05, 4.69) is 24.0 Å². The molecule has 1 aromatic heterocycles. The SMILES string of the molecule is CC(=O)Oc1cccc2c(CCN(C)C)c[nH]c12. The molecule has 1 heterocycles. The molecule has 0 aliphatic heterocycles. The summed E-state index contributed by atoms with van der Waals surface area (Å²) >= 11 is 0. The zero-order valence-electron chi connectivity index (χ0n) is 11.0. The number of fused-ring (bicyclic) bond motifs is 1. The monoisotopic (exact) mass is 246 g/mol. The summed E-state index contributed by atoms with van der Waals surface area (Å²) in [4.78, 5) is 16.4.